The van der Waals surface area contributed by atoms with E-state index in [1.807, 2.05) is 30.4 Å². The van der Waals surface area contributed by atoms with E-state index in [-0.39, 0.29) is 31.9 Å². The van der Waals surface area contributed by atoms with Crippen LogP contribution in [0.1, 0.15) is 87.3 Å². The van der Waals surface area contributed by atoms with E-state index in [2.05, 4.69) is 27.3 Å². The Bertz CT molecular complexity index is 1790. The number of rotatable bonds is 7. The molecule has 4 amide bonds. The number of hydrogen-bond acceptors (Lipinski definition) is 10. The fourth-order valence-electron chi connectivity index (χ4n) is 8.31. The number of nitrogens with zero attached hydrogens (tertiary/aromatic N) is 1. The molecule has 14 nitrogen and oxygen atoms in total. The number of ether oxygens (including phenoxy) is 2. The molecule has 0 aromatic heterocycles. The van der Waals surface area contributed by atoms with Crippen LogP contribution in [-0.2, 0) is 51.6 Å². The standard InChI is InChI=1S/C38H49N5O9S/c1-2-26-20-38(26,36(47)42-53(49,50)28-15-16-28)41-33(44)31-19-27-22-43(31)34(45)32(24-11-5-3-6-12-24)40-37(48)51-17-8-4-7-10-23-13-9-14-25-18-30(35(46)52-27)39-21-29(23)25/h2,7,9-10,13-14,24,26-28,30-32,39H,1,3-6,8,11-12,15-22H2,(H,40,48)(H,41,44)(H,42,47)/b10-7+/t26-,27-,30?,31+,32+,38-/m1/s1. The number of amides is 4. The lowest BCUT2D eigenvalue weighted by atomic mass is 9.83. The topological polar surface area (TPSA) is 189 Å². The summed E-state index contributed by atoms with van der Waals surface area (Å²) in [7, 11) is -3.90. The second-order valence-electron chi connectivity index (χ2n) is 15.3. The van der Waals surface area contributed by atoms with E-state index in [1.54, 1.807) is 0 Å². The molecule has 1 saturated heterocycles. The van der Waals surface area contributed by atoms with Gasteiger partial charge >= 0.3 is 12.1 Å². The molecule has 4 heterocycles. The van der Waals surface area contributed by atoms with Crippen molar-refractivity contribution in [3.63, 3.8) is 0 Å². The van der Waals surface area contributed by atoms with E-state index in [0.29, 0.717) is 51.5 Å². The number of hydrogen-bond donors (Lipinski definition) is 4. The zero-order chi connectivity index (χ0) is 37.3. The maximum absolute atomic E-state index is 14.6. The Labute approximate surface area is 309 Å². The molecule has 7 aliphatic rings. The van der Waals surface area contributed by atoms with E-state index in [9.17, 15) is 32.4 Å². The monoisotopic (exact) mass is 751 g/mol. The Hall–Kier alpha value is -4.24. The van der Waals surface area contributed by atoms with Gasteiger partial charge < -0.3 is 25.0 Å². The fourth-order valence-corrected chi connectivity index (χ4v) is 9.68. The van der Waals surface area contributed by atoms with Crippen molar-refractivity contribution < 1.29 is 41.9 Å². The van der Waals surface area contributed by atoms with Crippen LogP contribution in [-0.4, -0.2) is 91.3 Å². The van der Waals surface area contributed by atoms with E-state index in [1.165, 1.54) is 11.0 Å². The molecule has 53 heavy (non-hydrogen) atoms. The summed E-state index contributed by atoms with van der Waals surface area (Å²) in [6.45, 7) is 4.26. The normalized spacial score (nSPS) is 31.7. The summed E-state index contributed by atoms with van der Waals surface area (Å²) in [5, 5.41) is 8.24. The van der Waals surface area contributed by atoms with E-state index in [0.717, 1.165) is 36.0 Å². The zero-order valence-electron chi connectivity index (χ0n) is 29.8. The highest BCUT2D eigenvalue weighted by atomic mass is 32.2. The Kier molecular flexibility index (Phi) is 10.7. The predicted octanol–water partition coefficient (Wildman–Crippen LogP) is 2.37. The van der Waals surface area contributed by atoms with Gasteiger partial charge in [-0.1, -0.05) is 55.7 Å². The van der Waals surface area contributed by atoms with Gasteiger partial charge in [0.25, 0.3) is 5.91 Å². The van der Waals surface area contributed by atoms with Crippen molar-refractivity contribution in [1.29, 1.82) is 0 Å². The molecule has 6 atom stereocenters. The molecule has 3 aliphatic carbocycles. The summed E-state index contributed by atoms with van der Waals surface area (Å²) in [5.41, 5.74) is 1.58. The highest BCUT2D eigenvalue weighted by Crippen LogP contribution is 2.45. The highest BCUT2D eigenvalue weighted by molar-refractivity contribution is 7.91. The average Bonchev–Trinajstić information content (AvgIpc) is 4.08. The van der Waals surface area contributed by atoms with Crippen molar-refractivity contribution >= 4 is 45.9 Å². The number of alkyl carbamates (subject to hydrolysis) is 1. The van der Waals surface area contributed by atoms with Crippen LogP contribution in [0.25, 0.3) is 6.08 Å². The average molecular weight is 752 g/mol. The van der Waals surface area contributed by atoms with Crippen molar-refractivity contribution in [3.8, 4) is 0 Å². The fraction of sp³-hybridized carbons (Fsp3) is 0.605. The minimum atomic E-state index is -3.90. The minimum Gasteiger partial charge on any atom is -0.459 e. The van der Waals surface area contributed by atoms with Gasteiger partial charge in [-0.25, -0.2) is 13.2 Å². The van der Waals surface area contributed by atoms with E-state index < -0.39 is 80.7 Å². The first-order valence-corrected chi connectivity index (χ1v) is 20.5. The Morgan fingerprint density at radius 1 is 1.06 bits per heavy atom. The van der Waals surface area contributed by atoms with Gasteiger partial charge in [-0.05, 0) is 74.0 Å². The number of fused-ring (bicyclic) bond motifs is 10. The highest BCUT2D eigenvalue weighted by Gasteiger charge is 2.62. The quantitative estimate of drug-likeness (QED) is 0.238. The number of esters is 1. The predicted molar refractivity (Wildman–Crippen MR) is 193 cm³/mol. The summed E-state index contributed by atoms with van der Waals surface area (Å²) >= 11 is 0. The van der Waals surface area contributed by atoms with Crippen LogP contribution in [0.5, 0.6) is 0 Å². The van der Waals surface area contributed by atoms with Gasteiger partial charge in [0.15, 0.2) is 0 Å². The number of sulfonamides is 1. The smallest absolute Gasteiger partial charge is 0.407 e. The first kappa shape index (κ1) is 37.1. The molecular weight excluding hydrogens is 703 g/mol. The van der Waals surface area contributed by atoms with Crippen molar-refractivity contribution in [3.05, 3.63) is 53.6 Å². The van der Waals surface area contributed by atoms with Crippen LogP contribution in [0.4, 0.5) is 4.79 Å². The van der Waals surface area contributed by atoms with Crippen LogP contribution in [0.15, 0.2) is 36.9 Å². The SMILES string of the molecule is C=C[C@@H]1C[C@]1(NC(=O)[C@@H]1C[C@@H]2CN1C(=O)[C@H](C1CCCCC1)NC(=O)OCCC/C=C/c1cccc3c1CNC(C3)C(=O)O2)C(=O)NS(=O)(=O)C1CC1. The molecule has 286 valence electrons. The molecule has 1 aromatic rings. The molecule has 1 aromatic carbocycles. The lowest BCUT2D eigenvalue weighted by molar-refractivity contribution is -0.152. The van der Waals surface area contributed by atoms with Crippen LogP contribution >= 0.6 is 0 Å². The van der Waals surface area contributed by atoms with Crippen LogP contribution < -0.4 is 20.7 Å². The summed E-state index contributed by atoms with van der Waals surface area (Å²) in [4.78, 5) is 70.5. The Morgan fingerprint density at radius 2 is 1.85 bits per heavy atom. The summed E-state index contributed by atoms with van der Waals surface area (Å²) in [6, 6.07) is 3.14. The second-order valence-corrected chi connectivity index (χ2v) is 17.3. The van der Waals surface area contributed by atoms with Gasteiger partial charge in [0.2, 0.25) is 21.8 Å². The van der Waals surface area contributed by atoms with Crippen molar-refractivity contribution in [2.24, 2.45) is 11.8 Å². The van der Waals surface area contributed by atoms with Gasteiger partial charge in [0.05, 0.1) is 18.4 Å². The summed E-state index contributed by atoms with van der Waals surface area (Å²) in [5.74, 6) is -3.29. The third-order valence-electron chi connectivity index (χ3n) is 11.6. The van der Waals surface area contributed by atoms with Crippen LogP contribution in [0, 0.1) is 11.8 Å². The zero-order valence-corrected chi connectivity index (χ0v) is 30.7. The Morgan fingerprint density at radius 3 is 2.58 bits per heavy atom. The lowest BCUT2D eigenvalue weighted by Gasteiger charge is -2.34. The maximum atomic E-state index is 14.6. The molecule has 4 N–H and O–H groups in total. The maximum Gasteiger partial charge on any atom is 0.407 e. The van der Waals surface area contributed by atoms with Crippen molar-refractivity contribution in [2.45, 2.75) is 119 Å². The molecule has 4 aliphatic heterocycles. The van der Waals surface area contributed by atoms with Crippen LogP contribution in [0.2, 0.25) is 0 Å². The number of nitrogens with one attached hydrogen (secondary N) is 4. The van der Waals surface area contributed by atoms with E-state index >= 15 is 0 Å². The van der Waals surface area contributed by atoms with Gasteiger partial charge in [0.1, 0.15) is 29.8 Å². The summed E-state index contributed by atoms with van der Waals surface area (Å²) in [6.07, 6.45) is 10.8. The van der Waals surface area contributed by atoms with Gasteiger partial charge in [-0.3, -0.25) is 29.2 Å². The molecule has 0 radical (unpaired) electrons. The molecule has 6 bridgehead atoms. The molecule has 0 spiro atoms. The van der Waals surface area contributed by atoms with Crippen molar-refractivity contribution in [1.82, 2.24) is 25.6 Å². The molecular formula is C38H49N5O9S. The largest absolute Gasteiger partial charge is 0.459 e. The molecule has 3 saturated carbocycles. The van der Waals surface area contributed by atoms with Gasteiger partial charge in [-0.2, -0.15) is 0 Å². The lowest BCUT2D eigenvalue weighted by Crippen LogP contribution is -2.59. The first-order valence-electron chi connectivity index (χ1n) is 18.9. The van der Waals surface area contributed by atoms with Gasteiger partial charge in [0, 0.05) is 18.9 Å². The number of allylic oxidation sites excluding steroid dienone is 1. The molecule has 1 unspecified atom stereocenters. The number of carbonyl (C=O) groups excluding carboxylic acids is 5. The third kappa shape index (κ3) is 8.01. The minimum absolute atomic E-state index is 0.0553. The third-order valence-corrected chi connectivity index (χ3v) is 13.4. The van der Waals surface area contributed by atoms with E-state index in [4.69, 9.17) is 9.47 Å². The first-order chi connectivity index (χ1) is 25.5. The molecule has 15 heteroatoms. The Balaban J connectivity index is 1.16. The number of carbonyl (C=O) groups is 5. The second kappa shape index (κ2) is 15.2. The van der Waals surface area contributed by atoms with Gasteiger partial charge in [-0.15, -0.1) is 6.58 Å². The van der Waals surface area contributed by atoms with Crippen molar-refractivity contribution in [2.75, 3.05) is 13.2 Å². The van der Waals surface area contributed by atoms with Crippen LogP contribution in [0.3, 0.4) is 0 Å². The molecule has 8 rings (SSSR count). The summed E-state index contributed by atoms with van der Waals surface area (Å²) < 4.78 is 39.1. The number of benzene rings is 1. The molecule has 4 fully saturated rings.